The molecule has 10 nitrogen and oxygen atoms in total. The van der Waals surface area contributed by atoms with Crippen LogP contribution in [0.1, 0.15) is 17.3 Å². The first kappa shape index (κ1) is 26.2. The van der Waals surface area contributed by atoms with Crippen molar-refractivity contribution in [3.05, 3.63) is 47.3 Å². The Bertz CT molecular complexity index is 1290. The van der Waals surface area contributed by atoms with Gasteiger partial charge in [0.1, 0.15) is 45.9 Å². The summed E-state index contributed by atoms with van der Waals surface area (Å²) in [6.45, 7) is 6.62. The van der Waals surface area contributed by atoms with Gasteiger partial charge in [0.25, 0.3) is 5.91 Å². The molecule has 3 aliphatic rings. The van der Waals surface area contributed by atoms with Crippen LogP contribution in [0, 0.1) is 5.82 Å². The molecule has 3 aliphatic heterocycles. The number of carbonyl (C=O) groups excluding carboxylic acids is 2. The molecule has 38 heavy (non-hydrogen) atoms. The zero-order chi connectivity index (χ0) is 27.2. The van der Waals surface area contributed by atoms with Crippen molar-refractivity contribution in [1.29, 1.82) is 0 Å². The molecule has 2 atom stereocenters. The number of morpholine rings is 1. The molecule has 0 radical (unpaired) electrons. The van der Waals surface area contributed by atoms with Gasteiger partial charge in [-0.15, -0.1) is 0 Å². The lowest BCUT2D eigenvalue weighted by molar-refractivity contribution is -0.128. The van der Waals surface area contributed by atoms with Gasteiger partial charge in [0.2, 0.25) is 5.91 Å². The quantitative estimate of drug-likeness (QED) is 0.560. The first-order valence-electron chi connectivity index (χ1n) is 12.2. The fraction of sp³-hybridized carbons (Fsp3) is 0.423. The first-order chi connectivity index (χ1) is 18.2. The van der Waals surface area contributed by atoms with E-state index in [1.807, 2.05) is 0 Å². The number of halogens is 2. The van der Waals surface area contributed by atoms with Gasteiger partial charge in [-0.1, -0.05) is 24.2 Å². The van der Waals surface area contributed by atoms with Crippen LogP contribution < -0.4 is 9.64 Å². The van der Waals surface area contributed by atoms with E-state index in [0.29, 0.717) is 13.1 Å². The largest absolute Gasteiger partial charge is 0.507 e. The number of aromatic nitrogens is 1. The van der Waals surface area contributed by atoms with Crippen LogP contribution in [0.5, 0.6) is 11.5 Å². The highest BCUT2D eigenvalue weighted by Gasteiger charge is 2.42. The third kappa shape index (κ3) is 4.44. The molecule has 0 saturated carbocycles. The lowest BCUT2D eigenvalue weighted by Gasteiger charge is -2.41. The molecule has 5 rings (SSSR count). The number of carbonyl (C=O) groups is 2. The second-order valence-electron chi connectivity index (χ2n) is 9.77. The predicted molar refractivity (Wildman–Crippen MR) is 137 cm³/mol. The zero-order valence-electron chi connectivity index (χ0n) is 20.8. The van der Waals surface area contributed by atoms with Gasteiger partial charge in [-0.3, -0.25) is 9.59 Å². The van der Waals surface area contributed by atoms with E-state index in [9.17, 15) is 24.2 Å². The predicted octanol–water partition coefficient (Wildman–Crippen LogP) is 2.07. The smallest absolute Gasteiger partial charge is 0.261 e. The maximum atomic E-state index is 15.0. The highest BCUT2D eigenvalue weighted by molar-refractivity contribution is 6.35. The van der Waals surface area contributed by atoms with E-state index in [2.05, 4.69) is 11.6 Å². The Kier molecular flexibility index (Phi) is 6.93. The summed E-state index contributed by atoms with van der Waals surface area (Å²) in [5, 5.41) is 20.3. The Hall–Kier alpha value is -3.41. The van der Waals surface area contributed by atoms with Gasteiger partial charge in [-0.2, -0.15) is 0 Å². The third-order valence-electron chi connectivity index (χ3n) is 7.14. The molecule has 202 valence electrons. The molecular weight excluding hydrogens is 519 g/mol. The van der Waals surface area contributed by atoms with Gasteiger partial charge >= 0.3 is 0 Å². The highest BCUT2D eigenvalue weighted by Crippen LogP contribution is 2.46. The lowest BCUT2D eigenvalue weighted by Crippen LogP contribution is -2.57. The van der Waals surface area contributed by atoms with Crippen LogP contribution in [0.25, 0.3) is 11.3 Å². The highest BCUT2D eigenvalue weighted by atomic mass is 35.5. The summed E-state index contributed by atoms with van der Waals surface area (Å²) in [5.74, 6) is -1.55. The molecule has 2 amide bonds. The molecule has 12 heteroatoms. The second kappa shape index (κ2) is 10.0. The van der Waals surface area contributed by atoms with Crippen molar-refractivity contribution in [3.8, 4) is 22.8 Å². The van der Waals surface area contributed by atoms with Crippen LogP contribution in [-0.2, 0) is 9.53 Å². The molecule has 2 saturated heterocycles. The first-order valence-corrected chi connectivity index (χ1v) is 12.6. The average molecular weight is 547 g/mol. The van der Waals surface area contributed by atoms with Crippen molar-refractivity contribution in [3.63, 3.8) is 0 Å². The summed E-state index contributed by atoms with van der Waals surface area (Å²) in [6, 6.07) is 3.38. The van der Waals surface area contributed by atoms with Crippen LogP contribution in [-0.4, -0.2) is 101 Å². The fourth-order valence-electron chi connectivity index (χ4n) is 5.12. The molecule has 0 bridgehead atoms. The Morgan fingerprint density at radius 1 is 1.34 bits per heavy atom. The van der Waals surface area contributed by atoms with Crippen LogP contribution in [0.3, 0.4) is 0 Å². The average Bonchev–Trinajstić information content (AvgIpc) is 3.06. The van der Waals surface area contributed by atoms with Crippen molar-refractivity contribution in [2.24, 2.45) is 0 Å². The van der Waals surface area contributed by atoms with E-state index in [-0.39, 0.29) is 90.4 Å². The van der Waals surface area contributed by atoms with Crippen molar-refractivity contribution < 1.29 is 33.7 Å². The van der Waals surface area contributed by atoms with Gasteiger partial charge in [-0.05, 0) is 25.1 Å². The number of pyridine rings is 1. The minimum atomic E-state index is -0.930. The van der Waals surface area contributed by atoms with Gasteiger partial charge in [0.15, 0.2) is 5.75 Å². The van der Waals surface area contributed by atoms with E-state index in [4.69, 9.17) is 21.1 Å². The number of ether oxygens (including phenoxy) is 2. The summed E-state index contributed by atoms with van der Waals surface area (Å²) < 4.78 is 26.8. The van der Waals surface area contributed by atoms with E-state index < -0.39 is 17.5 Å². The topological polar surface area (TPSA) is 116 Å². The number of rotatable bonds is 4. The maximum absolute atomic E-state index is 15.0. The zero-order valence-corrected chi connectivity index (χ0v) is 21.6. The number of anilines is 1. The van der Waals surface area contributed by atoms with E-state index in [1.54, 1.807) is 21.6 Å². The molecule has 0 spiro atoms. The molecule has 0 unspecified atom stereocenters. The Balaban J connectivity index is 1.67. The van der Waals surface area contributed by atoms with Crippen LogP contribution >= 0.6 is 11.6 Å². The standard InChI is InChI=1S/C26H28ClFN4O6/c1-3-18(35)30-7-8-32-15(11-30)12-37-23-20(25(32)36)24(31-9-10-38-26(2,13-31)14-33)29-22(21(23)27)19-16(28)5-4-6-17(19)34/h3-6,15,33-34H,1,7-14H2,2H3/t15-,26-/m1/s1. The van der Waals surface area contributed by atoms with Crippen molar-refractivity contribution in [1.82, 2.24) is 14.8 Å². The van der Waals surface area contributed by atoms with Crippen molar-refractivity contribution in [2.75, 3.05) is 57.4 Å². The number of amides is 2. The molecule has 1 aromatic heterocycles. The molecule has 4 heterocycles. The molecule has 2 fully saturated rings. The van der Waals surface area contributed by atoms with E-state index in [0.717, 1.165) is 0 Å². The SMILES string of the molecule is C=CC(=O)N1CCN2C(=O)c3c(N4CCO[C@@](C)(CO)C4)nc(-c4c(O)cccc4F)c(Cl)c3OC[C@H]2C1. The monoisotopic (exact) mass is 546 g/mol. The number of phenolic OH excluding ortho intramolecular Hbond substituents is 1. The number of nitrogens with zero attached hydrogens (tertiary/aromatic N) is 4. The number of benzene rings is 1. The lowest BCUT2D eigenvalue weighted by atomic mass is 10.0. The Morgan fingerprint density at radius 3 is 2.84 bits per heavy atom. The number of aliphatic hydroxyl groups excluding tert-OH is 1. The van der Waals surface area contributed by atoms with Crippen LogP contribution in [0.4, 0.5) is 10.2 Å². The second-order valence-corrected chi connectivity index (χ2v) is 10.1. The molecule has 0 aliphatic carbocycles. The van der Waals surface area contributed by atoms with Crippen molar-refractivity contribution >= 4 is 29.2 Å². The number of hydrogen-bond donors (Lipinski definition) is 2. The minimum Gasteiger partial charge on any atom is -0.507 e. The van der Waals surface area contributed by atoms with Gasteiger partial charge in [0.05, 0.1) is 31.4 Å². The molecular formula is C26H28ClFN4O6. The maximum Gasteiger partial charge on any atom is 0.261 e. The van der Waals surface area contributed by atoms with Gasteiger partial charge in [0, 0.05) is 26.2 Å². The Morgan fingerprint density at radius 2 is 2.13 bits per heavy atom. The van der Waals surface area contributed by atoms with Crippen LogP contribution in [0.15, 0.2) is 30.9 Å². The summed E-state index contributed by atoms with van der Waals surface area (Å²) in [4.78, 5) is 35.9. The number of phenols is 1. The number of hydrogen-bond acceptors (Lipinski definition) is 8. The number of aromatic hydroxyl groups is 1. The number of aliphatic hydroxyl groups is 1. The summed E-state index contributed by atoms with van der Waals surface area (Å²) in [5.41, 5.74) is -1.13. The van der Waals surface area contributed by atoms with Crippen LogP contribution in [0.2, 0.25) is 5.02 Å². The minimum absolute atomic E-state index is 0.0208. The molecule has 1 aromatic carbocycles. The van der Waals surface area contributed by atoms with Gasteiger partial charge in [-0.25, -0.2) is 9.37 Å². The normalized spacial score (nSPS) is 23.3. The summed E-state index contributed by atoms with van der Waals surface area (Å²) >= 11 is 6.74. The summed E-state index contributed by atoms with van der Waals surface area (Å²) in [7, 11) is 0. The molecule has 2 aromatic rings. The summed E-state index contributed by atoms with van der Waals surface area (Å²) in [6.07, 6.45) is 1.23. The van der Waals surface area contributed by atoms with E-state index in [1.165, 1.54) is 24.3 Å². The molecule has 2 N–H and O–H groups in total. The van der Waals surface area contributed by atoms with Crippen molar-refractivity contribution in [2.45, 2.75) is 18.6 Å². The van der Waals surface area contributed by atoms with E-state index >= 15 is 0 Å². The third-order valence-corrected chi connectivity index (χ3v) is 7.49. The number of piperazine rings is 1. The van der Waals surface area contributed by atoms with Gasteiger partial charge < -0.3 is 34.4 Å². The Labute approximate surface area is 223 Å². The number of fused-ring (bicyclic) bond motifs is 2. The fourth-order valence-corrected chi connectivity index (χ4v) is 5.41.